The molecule has 0 aliphatic carbocycles. The number of amides is 2. The fraction of sp³-hybridized carbons (Fsp3) is 0.259. The second-order valence-electron chi connectivity index (χ2n) is 9.50. The van der Waals surface area contributed by atoms with Gasteiger partial charge in [0.1, 0.15) is 11.9 Å². The van der Waals surface area contributed by atoms with E-state index in [1.807, 2.05) is 24.3 Å². The van der Waals surface area contributed by atoms with Gasteiger partial charge in [0, 0.05) is 28.7 Å². The molecule has 40 heavy (non-hydrogen) atoms. The van der Waals surface area contributed by atoms with Crippen molar-refractivity contribution >= 4 is 50.7 Å². The third kappa shape index (κ3) is 6.91. The first kappa shape index (κ1) is 29.8. The van der Waals surface area contributed by atoms with E-state index < -0.39 is 46.3 Å². The fourth-order valence-electron chi connectivity index (χ4n) is 4.65. The van der Waals surface area contributed by atoms with Crippen molar-refractivity contribution in [1.82, 2.24) is 10.2 Å². The number of anilines is 1. The second kappa shape index (κ2) is 12.1. The molecule has 1 heterocycles. The van der Waals surface area contributed by atoms with Gasteiger partial charge in [-0.3, -0.25) is 18.8 Å². The molecule has 1 atom stereocenters. The Bertz CT molecular complexity index is 1450. The van der Waals surface area contributed by atoms with Gasteiger partial charge in [-0.15, -0.1) is 0 Å². The molecule has 0 spiro atoms. The van der Waals surface area contributed by atoms with E-state index in [1.165, 1.54) is 6.07 Å². The number of hydrogen-bond donors (Lipinski definition) is 3. The van der Waals surface area contributed by atoms with Crippen LogP contribution in [0.2, 0.25) is 10.0 Å². The van der Waals surface area contributed by atoms with Crippen molar-refractivity contribution in [2.75, 3.05) is 30.2 Å². The molecule has 3 aromatic carbocycles. The lowest BCUT2D eigenvalue weighted by Crippen LogP contribution is -2.61. The van der Waals surface area contributed by atoms with E-state index in [-0.39, 0.29) is 17.3 Å². The van der Waals surface area contributed by atoms with E-state index in [0.29, 0.717) is 23.1 Å². The van der Waals surface area contributed by atoms with Crippen LogP contribution < -0.4 is 15.4 Å². The van der Waals surface area contributed by atoms with Gasteiger partial charge in [0.05, 0.1) is 30.6 Å². The van der Waals surface area contributed by atoms with Crippen LogP contribution in [0.4, 0.5) is 10.1 Å². The second-order valence-corrected chi connectivity index (χ2v) is 12.2. The number of sulfonamides is 1. The van der Waals surface area contributed by atoms with Crippen LogP contribution in [0.1, 0.15) is 27.5 Å². The summed E-state index contributed by atoms with van der Waals surface area (Å²) in [7, 11) is -3.89. The molecule has 0 saturated carbocycles. The number of rotatable bonds is 10. The summed E-state index contributed by atoms with van der Waals surface area (Å²) >= 11 is 12.2. The van der Waals surface area contributed by atoms with Crippen LogP contribution in [0.25, 0.3) is 0 Å². The van der Waals surface area contributed by atoms with E-state index in [2.05, 4.69) is 10.2 Å². The quantitative estimate of drug-likeness (QED) is 0.324. The van der Waals surface area contributed by atoms with Crippen molar-refractivity contribution in [3.05, 3.63) is 99.3 Å². The highest BCUT2D eigenvalue weighted by Gasteiger charge is 2.41. The number of carbonyl (C=O) groups is 2. The molecule has 4 N–H and O–H groups in total. The van der Waals surface area contributed by atoms with Crippen molar-refractivity contribution in [1.29, 1.82) is 0 Å². The maximum Gasteiger partial charge on any atom is 0.251 e. The van der Waals surface area contributed by atoms with Gasteiger partial charge in [-0.25, -0.2) is 12.8 Å². The summed E-state index contributed by atoms with van der Waals surface area (Å²) in [5.74, 6) is -2.67. The Morgan fingerprint density at radius 1 is 1.05 bits per heavy atom. The van der Waals surface area contributed by atoms with Crippen molar-refractivity contribution in [3.63, 3.8) is 0 Å². The largest absolute Gasteiger partial charge is 0.381 e. The van der Waals surface area contributed by atoms with Gasteiger partial charge < -0.3 is 16.2 Å². The van der Waals surface area contributed by atoms with Gasteiger partial charge in [0.25, 0.3) is 5.91 Å². The van der Waals surface area contributed by atoms with Gasteiger partial charge in [-0.2, -0.15) is 0 Å². The number of nitrogens with one attached hydrogen (secondary N) is 1. The molecule has 1 saturated heterocycles. The summed E-state index contributed by atoms with van der Waals surface area (Å²) in [6.07, 6.45) is -0.612. The van der Waals surface area contributed by atoms with Crippen LogP contribution in [0.5, 0.6) is 0 Å². The summed E-state index contributed by atoms with van der Waals surface area (Å²) in [6, 6.07) is 17.2. The van der Waals surface area contributed by atoms with Crippen molar-refractivity contribution in [3.8, 4) is 0 Å². The number of likely N-dealkylation sites (tertiary alicyclic amines) is 1. The van der Waals surface area contributed by atoms with Gasteiger partial charge >= 0.3 is 0 Å². The molecule has 9 nitrogen and oxygen atoms in total. The maximum absolute atomic E-state index is 14.6. The standard InChI is InChI=1S/C27H27Cl2FN4O5S/c1-40(38,39)34(22-11-18(10-21(30)12-22)27(37)32-13-24(35)26(31)36)23-14-33(15-23)25(16-2-6-19(28)7-3-16)17-4-8-20(29)9-5-17/h2-12,23-25,35H,13-15H2,1H3,(H2,31,36)(H,32,37)/t24-/m0/s1. The Morgan fingerprint density at radius 3 is 2.05 bits per heavy atom. The molecule has 1 fully saturated rings. The Hall–Kier alpha value is -3.22. The molecule has 0 aromatic heterocycles. The first-order valence-corrected chi connectivity index (χ1v) is 14.7. The minimum atomic E-state index is -3.89. The molecule has 13 heteroatoms. The van der Waals surface area contributed by atoms with Crippen LogP contribution in [-0.2, 0) is 14.8 Å². The number of nitrogens with two attached hydrogens (primary N) is 1. The zero-order valence-electron chi connectivity index (χ0n) is 21.3. The molecule has 3 aromatic rings. The Labute approximate surface area is 241 Å². The lowest BCUT2D eigenvalue weighted by atomic mass is 9.93. The fourth-order valence-corrected chi connectivity index (χ4v) is 6.06. The number of halogens is 3. The molecular weight excluding hydrogens is 582 g/mol. The molecule has 1 aliphatic heterocycles. The summed E-state index contributed by atoms with van der Waals surface area (Å²) in [4.78, 5) is 25.7. The zero-order chi connectivity index (χ0) is 29.2. The summed E-state index contributed by atoms with van der Waals surface area (Å²) in [6.45, 7) is 0.141. The van der Waals surface area contributed by atoms with Crippen LogP contribution in [0, 0.1) is 5.82 Å². The van der Waals surface area contributed by atoms with Gasteiger partial charge in [0.2, 0.25) is 15.9 Å². The van der Waals surface area contributed by atoms with Gasteiger partial charge in [-0.05, 0) is 53.6 Å². The van der Waals surface area contributed by atoms with Crippen LogP contribution in [0.15, 0.2) is 66.7 Å². The summed E-state index contributed by atoms with van der Waals surface area (Å²) < 4.78 is 41.5. The minimum Gasteiger partial charge on any atom is -0.381 e. The molecule has 0 radical (unpaired) electrons. The van der Waals surface area contributed by atoms with Crippen molar-refractivity contribution in [2.24, 2.45) is 5.73 Å². The number of aliphatic hydroxyl groups excluding tert-OH is 1. The highest BCUT2D eigenvalue weighted by Crippen LogP contribution is 2.37. The molecule has 1 aliphatic rings. The molecule has 2 amide bonds. The zero-order valence-corrected chi connectivity index (χ0v) is 23.6. The number of nitrogens with zero attached hydrogens (tertiary/aromatic N) is 2. The topological polar surface area (TPSA) is 133 Å². The summed E-state index contributed by atoms with van der Waals surface area (Å²) in [5, 5.41) is 13.0. The Morgan fingerprint density at radius 2 is 1.57 bits per heavy atom. The Balaban J connectivity index is 1.60. The van der Waals surface area contributed by atoms with E-state index in [9.17, 15) is 27.5 Å². The monoisotopic (exact) mass is 608 g/mol. The van der Waals surface area contributed by atoms with Crippen LogP contribution in [0.3, 0.4) is 0 Å². The third-order valence-corrected chi connectivity index (χ3v) is 8.23. The minimum absolute atomic E-state index is 0.0257. The molecule has 0 unspecified atom stereocenters. The lowest BCUT2D eigenvalue weighted by Gasteiger charge is -2.48. The number of hydrogen-bond acceptors (Lipinski definition) is 6. The average molecular weight is 610 g/mol. The van der Waals surface area contributed by atoms with E-state index in [0.717, 1.165) is 33.8 Å². The van der Waals surface area contributed by atoms with Crippen molar-refractivity contribution in [2.45, 2.75) is 18.2 Å². The summed E-state index contributed by atoms with van der Waals surface area (Å²) in [5.41, 5.74) is 6.66. The maximum atomic E-state index is 14.6. The number of benzene rings is 3. The number of primary amides is 1. The first-order valence-electron chi connectivity index (χ1n) is 12.1. The number of aliphatic hydroxyl groups is 1. The molecule has 4 rings (SSSR count). The molecule has 212 valence electrons. The molecular formula is C27H27Cl2FN4O5S. The average Bonchev–Trinajstić information content (AvgIpc) is 2.86. The number of carbonyl (C=O) groups excluding carboxylic acids is 2. The van der Waals surface area contributed by atoms with Crippen molar-refractivity contribution < 1.29 is 27.5 Å². The SMILES string of the molecule is CS(=O)(=O)N(c1cc(F)cc(C(=O)NC[C@H](O)C(N)=O)c1)C1CN(C(c2ccc(Cl)cc2)c2ccc(Cl)cc2)C1. The van der Waals surface area contributed by atoms with E-state index in [1.54, 1.807) is 24.3 Å². The third-order valence-electron chi connectivity index (χ3n) is 6.50. The molecule has 0 bridgehead atoms. The normalized spacial score (nSPS) is 14.9. The highest BCUT2D eigenvalue weighted by molar-refractivity contribution is 7.92. The smallest absolute Gasteiger partial charge is 0.251 e. The van der Waals surface area contributed by atoms with Crippen LogP contribution >= 0.6 is 23.2 Å². The first-order chi connectivity index (χ1) is 18.8. The van der Waals surface area contributed by atoms with Crippen LogP contribution in [-0.4, -0.2) is 68.3 Å². The highest BCUT2D eigenvalue weighted by atomic mass is 35.5. The van der Waals surface area contributed by atoms with Gasteiger partial charge in [0.15, 0.2) is 0 Å². The van der Waals surface area contributed by atoms with Gasteiger partial charge in [-0.1, -0.05) is 47.5 Å². The predicted octanol–water partition coefficient (Wildman–Crippen LogP) is 2.95. The Kier molecular flexibility index (Phi) is 9.01. The van der Waals surface area contributed by atoms with E-state index >= 15 is 0 Å². The van der Waals surface area contributed by atoms with E-state index in [4.69, 9.17) is 28.9 Å². The lowest BCUT2D eigenvalue weighted by molar-refractivity contribution is -0.125. The predicted molar refractivity (Wildman–Crippen MR) is 151 cm³/mol.